The van der Waals surface area contributed by atoms with Crippen LogP contribution in [-0.4, -0.2) is 9.13 Å². The van der Waals surface area contributed by atoms with Gasteiger partial charge in [0.15, 0.2) is 0 Å². The third-order valence-electron chi connectivity index (χ3n) is 10.5. The van der Waals surface area contributed by atoms with Crippen molar-refractivity contribution in [3.8, 4) is 56.9 Å². The molecule has 4 nitrogen and oxygen atoms in total. The second kappa shape index (κ2) is 12.5. The number of para-hydroxylation sites is 4. The van der Waals surface area contributed by atoms with Crippen LogP contribution in [0.1, 0.15) is 11.1 Å². The summed E-state index contributed by atoms with van der Waals surface area (Å²) in [6, 6.07) is 68.0. The van der Waals surface area contributed by atoms with Gasteiger partial charge < -0.3 is 9.13 Å². The Morgan fingerprint density at radius 2 is 0.630 bits per heavy atom. The van der Waals surface area contributed by atoms with Crippen LogP contribution in [-0.2, 0) is 0 Å². The number of nitrogens with zero attached hydrogens (tertiary/aromatic N) is 4. The largest absolute Gasteiger partial charge is 0.309 e. The first-order valence-corrected chi connectivity index (χ1v) is 18.0. The van der Waals surface area contributed by atoms with Gasteiger partial charge in [-0.15, -0.1) is 0 Å². The fourth-order valence-electron chi connectivity index (χ4n) is 8.09. The van der Waals surface area contributed by atoms with Crippen molar-refractivity contribution in [1.29, 1.82) is 10.5 Å². The number of rotatable bonds is 5. The van der Waals surface area contributed by atoms with E-state index in [4.69, 9.17) is 0 Å². The van der Waals surface area contributed by atoms with Gasteiger partial charge in [-0.3, -0.25) is 0 Å². The van der Waals surface area contributed by atoms with E-state index >= 15 is 0 Å². The van der Waals surface area contributed by atoms with Gasteiger partial charge in [0.1, 0.15) is 0 Å². The number of hydrogen-bond donors (Lipinski definition) is 0. The maximum absolute atomic E-state index is 9.79. The normalized spacial score (nSPS) is 11.3. The lowest BCUT2D eigenvalue weighted by molar-refractivity contribution is 1.13. The molecule has 0 spiro atoms. The lowest BCUT2D eigenvalue weighted by Crippen LogP contribution is -2.00. The van der Waals surface area contributed by atoms with E-state index in [-0.39, 0.29) is 0 Å². The molecule has 2 aromatic heterocycles. The molecule has 4 heteroatoms. The van der Waals surface area contributed by atoms with Gasteiger partial charge in [-0.05, 0) is 118 Å². The lowest BCUT2D eigenvalue weighted by Gasteiger charge is -2.17. The highest BCUT2D eigenvalue weighted by atomic mass is 15.0. The Morgan fingerprint density at radius 3 is 1.00 bits per heavy atom. The molecule has 0 N–H and O–H groups in total. The molecule has 0 amide bonds. The summed E-state index contributed by atoms with van der Waals surface area (Å²) in [5.41, 5.74) is 13.8. The SMILES string of the molecule is N#Cc1cccc(-c2cc(-c3cccc(C#N)c3)cc(-c3cc(-n4c5ccccc5c5ccccc54)cc(-n4c5ccccc5c5ccccc54)c3)c2)c1. The first-order chi connectivity index (χ1) is 26.7. The van der Waals surface area contributed by atoms with Crippen molar-refractivity contribution in [3.05, 3.63) is 193 Å². The van der Waals surface area contributed by atoms with Crippen LogP contribution < -0.4 is 0 Å². The van der Waals surface area contributed by atoms with E-state index in [2.05, 4.69) is 155 Å². The van der Waals surface area contributed by atoms with Gasteiger partial charge in [0.2, 0.25) is 0 Å². The van der Waals surface area contributed by atoms with E-state index in [1.807, 2.05) is 48.5 Å². The summed E-state index contributed by atoms with van der Waals surface area (Å²) in [5, 5.41) is 24.4. The number of benzene rings is 8. The number of fused-ring (bicyclic) bond motifs is 6. The van der Waals surface area contributed by atoms with Gasteiger partial charge in [0, 0.05) is 32.9 Å². The summed E-state index contributed by atoms with van der Waals surface area (Å²) in [5.74, 6) is 0. The van der Waals surface area contributed by atoms with Crippen molar-refractivity contribution in [3.63, 3.8) is 0 Å². The molecule has 0 fully saturated rings. The average Bonchev–Trinajstić information content (AvgIpc) is 3.76. The van der Waals surface area contributed by atoms with E-state index in [0.717, 1.165) is 66.8 Å². The highest BCUT2D eigenvalue weighted by Crippen LogP contribution is 2.40. The zero-order valence-electron chi connectivity index (χ0n) is 29.1. The summed E-state index contributed by atoms with van der Waals surface area (Å²) in [4.78, 5) is 0. The Labute approximate surface area is 312 Å². The van der Waals surface area contributed by atoms with Crippen LogP contribution in [0.4, 0.5) is 0 Å². The second-order valence-corrected chi connectivity index (χ2v) is 13.7. The van der Waals surface area contributed by atoms with Crippen LogP contribution in [0.5, 0.6) is 0 Å². The average molecular weight is 687 g/mol. The van der Waals surface area contributed by atoms with Crippen molar-refractivity contribution >= 4 is 43.6 Å². The Balaban J connectivity index is 1.31. The van der Waals surface area contributed by atoms with Gasteiger partial charge in [-0.2, -0.15) is 10.5 Å². The summed E-state index contributed by atoms with van der Waals surface area (Å²) in [6.45, 7) is 0. The fourth-order valence-corrected chi connectivity index (χ4v) is 8.09. The van der Waals surface area contributed by atoms with Crippen LogP contribution in [0.25, 0.3) is 88.4 Å². The topological polar surface area (TPSA) is 57.4 Å². The molecule has 10 aromatic rings. The van der Waals surface area contributed by atoms with E-state index in [0.29, 0.717) is 11.1 Å². The Morgan fingerprint density at radius 1 is 0.296 bits per heavy atom. The molecular weight excluding hydrogens is 657 g/mol. The molecule has 0 aliphatic carbocycles. The van der Waals surface area contributed by atoms with E-state index in [1.165, 1.54) is 21.5 Å². The van der Waals surface area contributed by atoms with Gasteiger partial charge in [0.25, 0.3) is 0 Å². The van der Waals surface area contributed by atoms with Gasteiger partial charge >= 0.3 is 0 Å². The molecule has 10 rings (SSSR count). The Kier molecular flexibility index (Phi) is 7.22. The molecule has 250 valence electrons. The summed E-state index contributed by atoms with van der Waals surface area (Å²) < 4.78 is 4.76. The summed E-state index contributed by atoms with van der Waals surface area (Å²) >= 11 is 0. The molecule has 54 heavy (non-hydrogen) atoms. The van der Waals surface area contributed by atoms with Crippen molar-refractivity contribution in [1.82, 2.24) is 9.13 Å². The highest BCUT2D eigenvalue weighted by Gasteiger charge is 2.18. The second-order valence-electron chi connectivity index (χ2n) is 13.7. The predicted molar refractivity (Wildman–Crippen MR) is 221 cm³/mol. The molecule has 0 atom stereocenters. The zero-order chi connectivity index (χ0) is 36.2. The van der Waals surface area contributed by atoms with Crippen molar-refractivity contribution in [2.24, 2.45) is 0 Å². The van der Waals surface area contributed by atoms with E-state index in [9.17, 15) is 10.5 Å². The molecular formula is C50H30N4. The first kappa shape index (κ1) is 31.1. The minimum absolute atomic E-state index is 0.605. The molecule has 0 radical (unpaired) electrons. The molecule has 0 aliphatic rings. The molecule has 0 aliphatic heterocycles. The van der Waals surface area contributed by atoms with Crippen molar-refractivity contribution < 1.29 is 0 Å². The molecule has 0 bridgehead atoms. The van der Waals surface area contributed by atoms with E-state index in [1.54, 1.807) is 0 Å². The lowest BCUT2D eigenvalue weighted by atomic mass is 9.92. The van der Waals surface area contributed by atoms with Crippen LogP contribution in [0.2, 0.25) is 0 Å². The predicted octanol–water partition coefficient (Wildman–Crippen LogP) is 12.6. The Bertz CT molecular complexity index is 2890. The smallest absolute Gasteiger partial charge is 0.0991 e. The molecule has 8 aromatic carbocycles. The summed E-state index contributed by atoms with van der Waals surface area (Å²) in [6.07, 6.45) is 0. The monoisotopic (exact) mass is 686 g/mol. The number of nitriles is 2. The van der Waals surface area contributed by atoms with Crippen LogP contribution >= 0.6 is 0 Å². The highest BCUT2D eigenvalue weighted by molar-refractivity contribution is 6.10. The van der Waals surface area contributed by atoms with Gasteiger partial charge in [-0.1, -0.05) is 97.1 Å². The van der Waals surface area contributed by atoms with Crippen molar-refractivity contribution in [2.75, 3.05) is 0 Å². The standard InChI is InChI=1S/C50H30N4/c51-31-33-11-9-13-35(23-33)37-25-38(36-14-10-12-34(24-36)32-52)27-39(26-37)40-28-41(53-47-19-5-1-15-43(47)44-16-2-6-20-48(44)53)30-42(29-40)54-49-21-7-3-17-45(49)46-18-4-8-22-50(46)54/h1-30H. The van der Waals surface area contributed by atoms with Crippen LogP contribution in [0.3, 0.4) is 0 Å². The molecule has 0 saturated heterocycles. The van der Waals surface area contributed by atoms with Crippen LogP contribution in [0, 0.1) is 22.7 Å². The maximum Gasteiger partial charge on any atom is 0.0991 e. The van der Waals surface area contributed by atoms with Crippen molar-refractivity contribution in [2.45, 2.75) is 0 Å². The molecule has 0 saturated carbocycles. The summed E-state index contributed by atoms with van der Waals surface area (Å²) in [7, 11) is 0. The van der Waals surface area contributed by atoms with Gasteiger partial charge in [-0.25, -0.2) is 0 Å². The fraction of sp³-hybridized carbons (Fsp3) is 0. The third-order valence-corrected chi connectivity index (χ3v) is 10.5. The first-order valence-electron chi connectivity index (χ1n) is 18.0. The van der Waals surface area contributed by atoms with E-state index < -0.39 is 0 Å². The molecule has 0 unspecified atom stereocenters. The quantitative estimate of drug-likeness (QED) is 0.181. The molecule has 2 heterocycles. The van der Waals surface area contributed by atoms with Crippen LogP contribution in [0.15, 0.2) is 182 Å². The number of aromatic nitrogens is 2. The minimum Gasteiger partial charge on any atom is -0.309 e. The Hall–Kier alpha value is -7.66. The third kappa shape index (κ3) is 5.06. The maximum atomic E-state index is 9.79. The minimum atomic E-state index is 0.605. The number of hydrogen-bond acceptors (Lipinski definition) is 2. The zero-order valence-corrected chi connectivity index (χ0v) is 29.1. The van der Waals surface area contributed by atoms with Gasteiger partial charge in [0.05, 0.1) is 45.3 Å².